The van der Waals surface area contributed by atoms with Crippen molar-refractivity contribution in [2.24, 2.45) is 11.1 Å². The summed E-state index contributed by atoms with van der Waals surface area (Å²) in [6, 6.07) is 0. The molecule has 0 radical (unpaired) electrons. The summed E-state index contributed by atoms with van der Waals surface area (Å²) < 4.78 is 0. The van der Waals surface area contributed by atoms with Crippen LogP contribution in [-0.4, -0.2) is 31.1 Å². The lowest BCUT2D eigenvalue weighted by Gasteiger charge is -2.41. The number of nitrogens with two attached hydrogens (primary N) is 1. The van der Waals surface area contributed by atoms with E-state index < -0.39 is 0 Å². The van der Waals surface area contributed by atoms with Crippen LogP contribution in [0, 0.1) is 5.41 Å². The summed E-state index contributed by atoms with van der Waals surface area (Å²) in [6.07, 6.45) is 14.1. The first kappa shape index (κ1) is 13.4. The van der Waals surface area contributed by atoms with Crippen LogP contribution in [0.15, 0.2) is 0 Å². The minimum atomic E-state index is 0.470. The van der Waals surface area contributed by atoms with Crippen molar-refractivity contribution in [1.82, 2.24) is 4.90 Å². The third kappa shape index (κ3) is 3.96. The summed E-state index contributed by atoms with van der Waals surface area (Å²) in [7, 11) is 0. The lowest BCUT2D eigenvalue weighted by Crippen LogP contribution is -2.44. The topological polar surface area (TPSA) is 29.3 Å². The molecule has 0 amide bonds. The molecule has 1 aliphatic heterocycles. The predicted octanol–water partition coefficient (Wildman–Crippen LogP) is 3.16. The van der Waals surface area contributed by atoms with Gasteiger partial charge < -0.3 is 10.6 Å². The molecule has 1 aliphatic carbocycles. The third-order valence-corrected chi connectivity index (χ3v) is 4.85. The molecule has 100 valence electrons. The standard InChI is InChI=1S/C15H30N2/c16-13-15(9-5-4-6-10-15)14-17-11-7-2-1-3-8-12-17/h1-14,16H2. The monoisotopic (exact) mass is 238 g/mol. The van der Waals surface area contributed by atoms with Gasteiger partial charge in [-0.3, -0.25) is 0 Å². The lowest BCUT2D eigenvalue weighted by atomic mass is 9.73. The fraction of sp³-hybridized carbons (Fsp3) is 1.00. The van der Waals surface area contributed by atoms with Gasteiger partial charge in [-0.1, -0.05) is 38.5 Å². The van der Waals surface area contributed by atoms with Crippen LogP contribution in [0.1, 0.15) is 64.2 Å². The Morgan fingerprint density at radius 2 is 1.29 bits per heavy atom. The Hall–Kier alpha value is -0.0800. The molecule has 0 bridgehead atoms. The first-order chi connectivity index (χ1) is 8.35. The maximum atomic E-state index is 6.10. The van der Waals surface area contributed by atoms with Gasteiger partial charge in [0, 0.05) is 6.54 Å². The Balaban J connectivity index is 1.86. The van der Waals surface area contributed by atoms with E-state index >= 15 is 0 Å². The zero-order chi connectivity index (χ0) is 12.0. The molecule has 0 aromatic carbocycles. The molecule has 2 nitrogen and oxygen atoms in total. The van der Waals surface area contributed by atoms with Crippen LogP contribution >= 0.6 is 0 Å². The summed E-state index contributed by atoms with van der Waals surface area (Å²) >= 11 is 0. The molecule has 2 fully saturated rings. The van der Waals surface area contributed by atoms with Gasteiger partial charge in [-0.05, 0) is 50.7 Å². The van der Waals surface area contributed by atoms with Crippen LogP contribution in [0.4, 0.5) is 0 Å². The fourth-order valence-electron chi connectivity index (χ4n) is 3.67. The van der Waals surface area contributed by atoms with Crippen molar-refractivity contribution >= 4 is 0 Å². The average molecular weight is 238 g/mol. The Bertz CT molecular complexity index is 201. The van der Waals surface area contributed by atoms with Gasteiger partial charge >= 0.3 is 0 Å². The van der Waals surface area contributed by atoms with Crippen LogP contribution in [0.5, 0.6) is 0 Å². The van der Waals surface area contributed by atoms with E-state index in [2.05, 4.69) is 4.90 Å². The molecule has 2 N–H and O–H groups in total. The van der Waals surface area contributed by atoms with E-state index in [-0.39, 0.29) is 0 Å². The number of rotatable bonds is 3. The number of nitrogens with zero attached hydrogens (tertiary/aromatic N) is 1. The molecule has 0 spiro atoms. The van der Waals surface area contributed by atoms with E-state index in [1.54, 1.807) is 0 Å². The van der Waals surface area contributed by atoms with E-state index in [4.69, 9.17) is 5.73 Å². The first-order valence-corrected chi connectivity index (χ1v) is 7.77. The molecular formula is C15H30N2. The zero-order valence-corrected chi connectivity index (χ0v) is 11.4. The van der Waals surface area contributed by atoms with Crippen molar-refractivity contribution in [3.05, 3.63) is 0 Å². The first-order valence-electron chi connectivity index (χ1n) is 7.77. The summed E-state index contributed by atoms with van der Waals surface area (Å²) in [6.45, 7) is 4.83. The summed E-state index contributed by atoms with van der Waals surface area (Å²) in [5, 5.41) is 0. The van der Waals surface area contributed by atoms with E-state index in [9.17, 15) is 0 Å². The summed E-state index contributed by atoms with van der Waals surface area (Å²) in [5.41, 5.74) is 6.57. The molecule has 2 aliphatic rings. The molecule has 0 unspecified atom stereocenters. The second-order valence-electron chi connectivity index (χ2n) is 6.31. The lowest BCUT2D eigenvalue weighted by molar-refractivity contribution is 0.105. The van der Waals surface area contributed by atoms with Crippen molar-refractivity contribution in [2.75, 3.05) is 26.2 Å². The Morgan fingerprint density at radius 1 is 0.765 bits per heavy atom. The Labute approximate surface area is 107 Å². The van der Waals surface area contributed by atoms with Gasteiger partial charge in [0.25, 0.3) is 0 Å². The summed E-state index contributed by atoms with van der Waals surface area (Å²) in [5.74, 6) is 0. The smallest absolute Gasteiger partial charge is 0.00501 e. The van der Waals surface area contributed by atoms with Crippen molar-refractivity contribution in [2.45, 2.75) is 64.2 Å². The van der Waals surface area contributed by atoms with Crippen molar-refractivity contribution in [3.8, 4) is 0 Å². The second kappa shape index (κ2) is 6.75. The van der Waals surface area contributed by atoms with Gasteiger partial charge in [0.15, 0.2) is 0 Å². The van der Waals surface area contributed by atoms with E-state index in [1.165, 1.54) is 83.8 Å². The SMILES string of the molecule is NCC1(CN2CCCCCCC2)CCCCC1. The van der Waals surface area contributed by atoms with Gasteiger partial charge in [0.2, 0.25) is 0 Å². The largest absolute Gasteiger partial charge is 0.330 e. The van der Waals surface area contributed by atoms with Crippen LogP contribution in [0.3, 0.4) is 0 Å². The van der Waals surface area contributed by atoms with Gasteiger partial charge in [0.1, 0.15) is 0 Å². The number of likely N-dealkylation sites (tertiary alicyclic amines) is 1. The fourth-order valence-corrected chi connectivity index (χ4v) is 3.67. The zero-order valence-electron chi connectivity index (χ0n) is 11.4. The normalized spacial score (nSPS) is 27.4. The van der Waals surface area contributed by atoms with Gasteiger partial charge in [-0.2, -0.15) is 0 Å². The maximum Gasteiger partial charge on any atom is 0.00501 e. The molecule has 17 heavy (non-hydrogen) atoms. The predicted molar refractivity (Wildman–Crippen MR) is 74.1 cm³/mol. The van der Waals surface area contributed by atoms with E-state index in [1.807, 2.05) is 0 Å². The van der Waals surface area contributed by atoms with Gasteiger partial charge in [0.05, 0.1) is 0 Å². The molecule has 1 saturated carbocycles. The molecule has 2 rings (SSSR count). The molecule has 1 heterocycles. The highest BCUT2D eigenvalue weighted by atomic mass is 15.1. The van der Waals surface area contributed by atoms with Crippen LogP contribution in [0.25, 0.3) is 0 Å². The van der Waals surface area contributed by atoms with Crippen molar-refractivity contribution < 1.29 is 0 Å². The van der Waals surface area contributed by atoms with Gasteiger partial charge in [-0.15, -0.1) is 0 Å². The number of hydrogen-bond acceptors (Lipinski definition) is 2. The quantitative estimate of drug-likeness (QED) is 0.818. The average Bonchev–Trinajstić information content (AvgIpc) is 2.34. The van der Waals surface area contributed by atoms with Crippen LogP contribution < -0.4 is 5.73 Å². The molecule has 2 heteroatoms. The second-order valence-corrected chi connectivity index (χ2v) is 6.31. The van der Waals surface area contributed by atoms with Gasteiger partial charge in [-0.25, -0.2) is 0 Å². The maximum absolute atomic E-state index is 6.10. The highest BCUT2D eigenvalue weighted by Gasteiger charge is 2.32. The Morgan fingerprint density at radius 3 is 1.88 bits per heavy atom. The van der Waals surface area contributed by atoms with E-state index in [0.717, 1.165) is 6.54 Å². The molecule has 1 saturated heterocycles. The van der Waals surface area contributed by atoms with E-state index in [0.29, 0.717) is 5.41 Å². The van der Waals surface area contributed by atoms with Crippen LogP contribution in [-0.2, 0) is 0 Å². The summed E-state index contributed by atoms with van der Waals surface area (Å²) in [4.78, 5) is 2.72. The van der Waals surface area contributed by atoms with Crippen molar-refractivity contribution in [3.63, 3.8) is 0 Å². The molecule has 0 aromatic rings. The minimum Gasteiger partial charge on any atom is -0.330 e. The number of hydrogen-bond donors (Lipinski definition) is 1. The third-order valence-electron chi connectivity index (χ3n) is 4.85. The molecular weight excluding hydrogens is 208 g/mol. The minimum absolute atomic E-state index is 0.470. The molecule has 0 aromatic heterocycles. The highest BCUT2D eigenvalue weighted by Crippen LogP contribution is 2.36. The van der Waals surface area contributed by atoms with Crippen molar-refractivity contribution in [1.29, 1.82) is 0 Å². The molecule has 0 atom stereocenters. The highest BCUT2D eigenvalue weighted by molar-refractivity contribution is 4.87. The van der Waals surface area contributed by atoms with Crippen LogP contribution in [0.2, 0.25) is 0 Å². The Kier molecular flexibility index (Phi) is 5.30.